The molecule has 0 saturated carbocycles. The SMILES string of the molecule is CCCCCOCCC(=O)OCC. The summed E-state index contributed by atoms with van der Waals surface area (Å²) in [4.78, 5) is 10.8. The lowest BCUT2D eigenvalue weighted by Crippen LogP contribution is -2.08. The smallest absolute Gasteiger partial charge is 0.308 e. The van der Waals surface area contributed by atoms with Gasteiger partial charge in [0, 0.05) is 6.61 Å². The maximum Gasteiger partial charge on any atom is 0.308 e. The van der Waals surface area contributed by atoms with Gasteiger partial charge in [0.2, 0.25) is 0 Å². The van der Waals surface area contributed by atoms with Gasteiger partial charge in [-0.3, -0.25) is 4.79 Å². The van der Waals surface area contributed by atoms with Gasteiger partial charge in [-0.2, -0.15) is 0 Å². The Labute approximate surface area is 80.4 Å². The molecule has 0 spiro atoms. The summed E-state index contributed by atoms with van der Waals surface area (Å²) in [6.07, 6.45) is 3.85. The first kappa shape index (κ1) is 12.4. The van der Waals surface area contributed by atoms with Crippen LogP contribution < -0.4 is 0 Å². The van der Waals surface area contributed by atoms with Crippen LogP contribution in [0.2, 0.25) is 0 Å². The molecule has 3 heteroatoms. The number of hydrogen-bond donors (Lipinski definition) is 0. The van der Waals surface area contributed by atoms with Crippen molar-refractivity contribution in [1.29, 1.82) is 0 Å². The first-order valence-corrected chi connectivity index (χ1v) is 5.04. The molecule has 0 heterocycles. The predicted molar refractivity (Wildman–Crippen MR) is 51.6 cm³/mol. The molecule has 3 nitrogen and oxygen atoms in total. The van der Waals surface area contributed by atoms with E-state index in [1.54, 1.807) is 6.92 Å². The van der Waals surface area contributed by atoms with Crippen molar-refractivity contribution >= 4 is 5.97 Å². The molecule has 0 aliphatic carbocycles. The molecule has 0 aromatic rings. The fraction of sp³-hybridized carbons (Fsp3) is 0.900. The summed E-state index contributed by atoms with van der Waals surface area (Å²) < 4.78 is 10.0. The summed E-state index contributed by atoms with van der Waals surface area (Å²) in [5.74, 6) is -0.169. The summed E-state index contributed by atoms with van der Waals surface area (Å²) in [6.45, 7) is 5.66. The lowest BCUT2D eigenvalue weighted by molar-refractivity contribution is -0.144. The fourth-order valence-corrected chi connectivity index (χ4v) is 0.945. The van der Waals surface area contributed by atoms with Crippen LogP contribution in [0.4, 0.5) is 0 Å². The summed E-state index contributed by atoms with van der Waals surface area (Å²) in [6, 6.07) is 0. The highest BCUT2D eigenvalue weighted by Crippen LogP contribution is 1.95. The molecule has 78 valence electrons. The van der Waals surface area contributed by atoms with Crippen LogP contribution in [0.1, 0.15) is 39.5 Å². The molecule has 0 aromatic heterocycles. The van der Waals surface area contributed by atoms with Crippen LogP contribution in [0.3, 0.4) is 0 Å². The minimum atomic E-state index is -0.169. The second-order valence-corrected chi connectivity index (χ2v) is 2.87. The van der Waals surface area contributed by atoms with E-state index in [4.69, 9.17) is 9.47 Å². The standard InChI is InChI=1S/C10H20O3/c1-3-5-6-8-12-9-7-10(11)13-4-2/h3-9H2,1-2H3. The van der Waals surface area contributed by atoms with Gasteiger partial charge in [-0.1, -0.05) is 19.8 Å². The van der Waals surface area contributed by atoms with Gasteiger partial charge in [0.25, 0.3) is 0 Å². The Morgan fingerprint density at radius 1 is 1.15 bits per heavy atom. The molecule has 0 bridgehead atoms. The second-order valence-electron chi connectivity index (χ2n) is 2.87. The van der Waals surface area contributed by atoms with E-state index in [2.05, 4.69) is 6.92 Å². The molecule has 0 saturated heterocycles. The fourth-order valence-electron chi connectivity index (χ4n) is 0.945. The van der Waals surface area contributed by atoms with Gasteiger partial charge in [-0.25, -0.2) is 0 Å². The number of unbranched alkanes of at least 4 members (excludes halogenated alkanes) is 2. The van der Waals surface area contributed by atoms with Gasteiger partial charge in [-0.05, 0) is 13.3 Å². The quantitative estimate of drug-likeness (QED) is 0.432. The van der Waals surface area contributed by atoms with Crippen LogP contribution in [-0.4, -0.2) is 25.8 Å². The highest BCUT2D eigenvalue weighted by molar-refractivity contribution is 5.69. The molecule has 0 radical (unpaired) electrons. The number of carbonyl (C=O) groups excluding carboxylic acids is 1. The number of hydrogen-bond acceptors (Lipinski definition) is 3. The molecule has 13 heavy (non-hydrogen) atoms. The van der Waals surface area contributed by atoms with Crippen LogP contribution in [0.5, 0.6) is 0 Å². The zero-order valence-electron chi connectivity index (χ0n) is 8.67. The third-order valence-corrected chi connectivity index (χ3v) is 1.65. The van der Waals surface area contributed by atoms with Crippen molar-refractivity contribution in [1.82, 2.24) is 0 Å². The molecular weight excluding hydrogens is 168 g/mol. The van der Waals surface area contributed by atoms with Gasteiger partial charge >= 0.3 is 5.97 Å². The number of ether oxygens (including phenoxy) is 2. The maximum absolute atomic E-state index is 10.8. The average Bonchev–Trinajstić information content (AvgIpc) is 2.11. The molecule has 0 aliphatic rings. The first-order chi connectivity index (χ1) is 6.31. The van der Waals surface area contributed by atoms with Crippen LogP contribution in [0.15, 0.2) is 0 Å². The van der Waals surface area contributed by atoms with Crippen molar-refractivity contribution in [2.24, 2.45) is 0 Å². The largest absolute Gasteiger partial charge is 0.466 e. The summed E-state index contributed by atoms with van der Waals surface area (Å²) >= 11 is 0. The Hall–Kier alpha value is -0.570. The Bertz CT molecular complexity index is 123. The number of carbonyl (C=O) groups is 1. The van der Waals surface area contributed by atoms with Crippen molar-refractivity contribution < 1.29 is 14.3 Å². The van der Waals surface area contributed by atoms with Crippen LogP contribution in [-0.2, 0) is 14.3 Å². The molecule has 0 amide bonds. The molecule has 0 unspecified atom stereocenters. The van der Waals surface area contributed by atoms with E-state index in [9.17, 15) is 4.79 Å². The Kier molecular flexibility index (Phi) is 9.10. The van der Waals surface area contributed by atoms with Crippen molar-refractivity contribution in [2.75, 3.05) is 19.8 Å². The van der Waals surface area contributed by atoms with Crippen molar-refractivity contribution in [3.63, 3.8) is 0 Å². The van der Waals surface area contributed by atoms with E-state index in [1.807, 2.05) is 0 Å². The zero-order valence-corrected chi connectivity index (χ0v) is 8.67. The second kappa shape index (κ2) is 9.52. The molecule has 0 aliphatic heterocycles. The molecule has 0 fully saturated rings. The van der Waals surface area contributed by atoms with Gasteiger partial charge in [0.05, 0.1) is 19.6 Å². The number of rotatable bonds is 8. The first-order valence-electron chi connectivity index (χ1n) is 5.04. The molecular formula is C10H20O3. The predicted octanol–water partition coefficient (Wildman–Crippen LogP) is 2.15. The average molecular weight is 188 g/mol. The summed E-state index contributed by atoms with van der Waals surface area (Å²) in [5, 5.41) is 0. The normalized spacial score (nSPS) is 10.0. The van der Waals surface area contributed by atoms with Crippen molar-refractivity contribution in [2.45, 2.75) is 39.5 Å². The third-order valence-electron chi connectivity index (χ3n) is 1.65. The topological polar surface area (TPSA) is 35.5 Å². The zero-order chi connectivity index (χ0) is 9.94. The molecule has 0 atom stereocenters. The molecule has 0 rings (SSSR count). The van der Waals surface area contributed by atoms with E-state index in [0.717, 1.165) is 13.0 Å². The van der Waals surface area contributed by atoms with Crippen LogP contribution in [0.25, 0.3) is 0 Å². The number of esters is 1. The maximum atomic E-state index is 10.8. The van der Waals surface area contributed by atoms with E-state index in [-0.39, 0.29) is 5.97 Å². The Morgan fingerprint density at radius 2 is 1.92 bits per heavy atom. The molecule has 0 N–H and O–H groups in total. The Balaban J connectivity index is 3.02. The van der Waals surface area contributed by atoms with E-state index < -0.39 is 0 Å². The highest BCUT2D eigenvalue weighted by atomic mass is 16.5. The van der Waals surface area contributed by atoms with E-state index in [1.165, 1.54) is 12.8 Å². The van der Waals surface area contributed by atoms with Gasteiger partial charge < -0.3 is 9.47 Å². The van der Waals surface area contributed by atoms with Gasteiger partial charge in [0.1, 0.15) is 0 Å². The highest BCUT2D eigenvalue weighted by Gasteiger charge is 1.99. The minimum Gasteiger partial charge on any atom is -0.466 e. The van der Waals surface area contributed by atoms with E-state index >= 15 is 0 Å². The summed E-state index contributed by atoms with van der Waals surface area (Å²) in [7, 11) is 0. The van der Waals surface area contributed by atoms with Crippen LogP contribution >= 0.6 is 0 Å². The monoisotopic (exact) mass is 188 g/mol. The lowest BCUT2D eigenvalue weighted by atomic mass is 10.3. The lowest BCUT2D eigenvalue weighted by Gasteiger charge is -2.03. The van der Waals surface area contributed by atoms with Crippen LogP contribution in [0, 0.1) is 0 Å². The third kappa shape index (κ3) is 9.34. The van der Waals surface area contributed by atoms with Gasteiger partial charge in [0.15, 0.2) is 0 Å². The van der Waals surface area contributed by atoms with Gasteiger partial charge in [-0.15, -0.1) is 0 Å². The summed E-state index contributed by atoms with van der Waals surface area (Å²) in [5.41, 5.74) is 0. The Morgan fingerprint density at radius 3 is 2.54 bits per heavy atom. The van der Waals surface area contributed by atoms with Crippen molar-refractivity contribution in [3.8, 4) is 0 Å². The van der Waals surface area contributed by atoms with E-state index in [0.29, 0.717) is 19.6 Å². The molecule has 0 aromatic carbocycles. The van der Waals surface area contributed by atoms with Crippen molar-refractivity contribution in [3.05, 3.63) is 0 Å². The minimum absolute atomic E-state index is 0.169.